The number of hydrogen-bond donors (Lipinski definition) is 1. The molecule has 2 heterocycles. The third-order valence-corrected chi connectivity index (χ3v) is 4.37. The van der Waals surface area contributed by atoms with Gasteiger partial charge in [0.15, 0.2) is 0 Å². The maximum atomic E-state index is 4.49. The maximum Gasteiger partial charge on any atom is 0.0964 e. The van der Waals surface area contributed by atoms with E-state index in [2.05, 4.69) is 37.9 Å². The van der Waals surface area contributed by atoms with E-state index in [1.54, 1.807) is 11.3 Å². The fourth-order valence-corrected chi connectivity index (χ4v) is 2.78. The number of nitrogens with zero attached hydrogens (tertiary/aromatic N) is 5. The van der Waals surface area contributed by atoms with Gasteiger partial charge in [-0.05, 0) is 26.8 Å². The van der Waals surface area contributed by atoms with Crippen LogP contribution in [0.5, 0.6) is 0 Å². The second kappa shape index (κ2) is 6.64. The molecule has 0 atom stereocenters. The van der Waals surface area contributed by atoms with E-state index in [0.717, 1.165) is 42.6 Å². The van der Waals surface area contributed by atoms with Gasteiger partial charge in [0.1, 0.15) is 0 Å². The lowest BCUT2D eigenvalue weighted by atomic mass is 10.4. The van der Waals surface area contributed by atoms with Gasteiger partial charge in [-0.15, -0.1) is 16.4 Å². The van der Waals surface area contributed by atoms with Crippen molar-refractivity contribution in [2.75, 3.05) is 13.6 Å². The van der Waals surface area contributed by atoms with E-state index < -0.39 is 0 Å². The van der Waals surface area contributed by atoms with Gasteiger partial charge in [-0.1, -0.05) is 5.21 Å². The smallest absolute Gasteiger partial charge is 0.0964 e. The first-order valence-corrected chi connectivity index (χ1v) is 8.29. The summed E-state index contributed by atoms with van der Waals surface area (Å²) in [5.74, 6) is 0. The second-order valence-corrected chi connectivity index (χ2v) is 6.79. The zero-order valence-corrected chi connectivity index (χ0v) is 13.4. The summed E-state index contributed by atoms with van der Waals surface area (Å²) in [6.45, 7) is 5.56. The molecular weight excluding hydrogens is 284 g/mol. The van der Waals surface area contributed by atoms with Gasteiger partial charge in [0.05, 0.1) is 22.9 Å². The predicted octanol–water partition coefficient (Wildman–Crippen LogP) is 1.43. The van der Waals surface area contributed by atoms with Crippen molar-refractivity contribution in [1.29, 1.82) is 0 Å². The molecule has 6 nitrogen and oxygen atoms in total. The Bertz CT molecular complexity index is 574. The van der Waals surface area contributed by atoms with Gasteiger partial charge in [0.2, 0.25) is 0 Å². The molecule has 1 aliphatic rings. The molecule has 21 heavy (non-hydrogen) atoms. The number of likely N-dealkylation sites (N-methyl/N-ethyl adjacent to an activating group) is 1. The predicted molar refractivity (Wildman–Crippen MR) is 83.1 cm³/mol. The van der Waals surface area contributed by atoms with E-state index in [1.807, 2.05) is 17.8 Å². The lowest BCUT2D eigenvalue weighted by Crippen LogP contribution is -2.23. The molecule has 1 fully saturated rings. The van der Waals surface area contributed by atoms with E-state index >= 15 is 0 Å². The summed E-state index contributed by atoms with van der Waals surface area (Å²) in [6.07, 6.45) is 4.64. The Labute approximate surface area is 129 Å². The topological polar surface area (TPSA) is 58.9 Å². The zero-order valence-electron chi connectivity index (χ0n) is 12.6. The molecule has 3 rings (SSSR count). The highest BCUT2D eigenvalue weighted by Crippen LogP contribution is 2.18. The molecule has 0 aliphatic heterocycles. The Morgan fingerprint density at radius 2 is 2.29 bits per heavy atom. The van der Waals surface area contributed by atoms with Crippen LogP contribution in [0.1, 0.15) is 29.2 Å². The molecular formula is C14H22N6S. The lowest BCUT2D eigenvalue weighted by molar-refractivity contribution is 0.301. The van der Waals surface area contributed by atoms with Crippen LogP contribution in [0, 0.1) is 6.92 Å². The maximum absolute atomic E-state index is 4.49. The van der Waals surface area contributed by atoms with Crippen LogP contribution in [0.15, 0.2) is 11.6 Å². The number of aromatic nitrogens is 4. The van der Waals surface area contributed by atoms with Crippen molar-refractivity contribution in [1.82, 2.24) is 30.2 Å². The molecule has 1 saturated carbocycles. The van der Waals surface area contributed by atoms with Crippen LogP contribution in [0.4, 0.5) is 0 Å². The first kappa shape index (κ1) is 14.6. The summed E-state index contributed by atoms with van der Waals surface area (Å²) in [5, 5.41) is 15.1. The van der Waals surface area contributed by atoms with Gasteiger partial charge in [-0.25, -0.2) is 4.98 Å². The molecule has 0 aromatic carbocycles. The summed E-state index contributed by atoms with van der Waals surface area (Å²) < 4.78 is 1.92. The first-order chi connectivity index (χ1) is 10.2. The summed E-state index contributed by atoms with van der Waals surface area (Å²) in [6, 6.07) is 0.711. The number of aryl methyl sites for hydroxylation is 1. The summed E-state index contributed by atoms with van der Waals surface area (Å²) in [4.78, 5) is 6.75. The highest BCUT2D eigenvalue weighted by atomic mass is 32.1. The van der Waals surface area contributed by atoms with Gasteiger partial charge >= 0.3 is 0 Å². The van der Waals surface area contributed by atoms with Gasteiger partial charge in [-0.3, -0.25) is 9.58 Å². The third-order valence-electron chi connectivity index (χ3n) is 3.54. The van der Waals surface area contributed by atoms with Crippen LogP contribution < -0.4 is 5.32 Å². The van der Waals surface area contributed by atoms with Crippen molar-refractivity contribution in [2.45, 2.75) is 45.4 Å². The minimum absolute atomic E-state index is 0.711. The minimum atomic E-state index is 0.711. The van der Waals surface area contributed by atoms with Crippen LogP contribution in [0.25, 0.3) is 0 Å². The molecule has 0 bridgehead atoms. The molecule has 7 heteroatoms. The zero-order chi connectivity index (χ0) is 14.7. The fourth-order valence-electron chi connectivity index (χ4n) is 2.17. The van der Waals surface area contributed by atoms with Gasteiger partial charge in [-0.2, -0.15) is 0 Å². The van der Waals surface area contributed by atoms with Crippen LogP contribution in [-0.2, 0) is 19.6 Å². The van der Waals surface area contributed by atoms with Crippen LogP contribution >= 0.6 is 11.3 Å². The Morgan fingerprint density at radius 3 is 3.00 bits per heavy atom. The Kier molecular flexibility index (Phi) is 4.62. The van der Waals surface area contributed by atoms with Gasteiger partial charge in [0, 0.05) is 37.3 Å². The van der Waals surface area contributed by atoms with Crippen molar-refractivity contribution in [3.63, 3.8) is 0 Å². The monoisotopic (exact) mass is 306 g/mol. The number of hydrogen-bond acceptors (Lipinski definition) is 6. The second-order valence-electron chi connectivity index (χ2n) is 5.72. The fraction of sp³-hybridized carbons (Fsp3) is 0.643. The molecule has 2 aromatic heterocycles. The number of nitrogens with one attached hydrogen (secondary N) is 1. The average Bonchev–Trinajstić information content (AvgIpc) is 3.03. The Hall–Kier alpha value is -1.31. The van der Waals surface area contributed by atoms with E-state index in [0.29, 0.717) is 6.04 Å². The van der Waals surface area contributed by atoms with Crippen molar-refractivity contribution < 1.29 is 0 Å². The Balaban J connectivity index is 1.41. The standard InChI is InChI=1S/C14H22N6S/c1-11-16-14(10-21-11)8-19(2)5-6-20-9-13(17-18-20)7-15-12-3-4-12/h9-10,12,15H,3-8H2,1-2H3. The summed E-state index contributed by atoms with van der Waals surface area (Å²) in [7, 11) is 2.11. The molecule has 0 spiro atoms. The molecule has 114 valence electrons. The molecule has 0 amide bonds. The highest BCUT2D eigenvalue weighted by Gasteiger charge is 2.20. The van der Waals surface area contributed by atoms with Crippen molar-refractivity contribution in [2.24, 2.45) is 0 Å². The van der Waals surface area contributed by atoms with E-state index in [-0.39, 0.29) is 0 Å². The molecule has 1 N–H and O–H groups in total. The molecule has 2 aromatic rings. The van der Waals surface area contributed by atoms with Gasteiger partial charge in [0.25, 0.3) is 0 Å². The Morgan fingerprint density at radius 1 is 1.43 bits per heavy atom. The number of thiazole rings is 1. The highest BCUT2D eigenvalue weighted by molar-refractivity contribution is 7.09. The van der Waals surface area contributed by atoms with Crippen LogP contribution in [0.2, 0.25) is 0 Å². The summed E-state index contributed by atoms with van der Waals surface area (Å²) in [5.41, 5.74) is 2.17. The first-order valence-electron chi connectivity index (χ1n) is 7.41. The molecule has 0 saturated heterocycles. The number of rotatable bonds is 8. The van der Waals surface area contributed by atoms with Crippen molar-refractivity contribution in [3.05, 3.63) is 28.0 Å². The normalized spacial score (nSPS) is 15.0. The van der Waals surface area contributed by atoms with Crippen molar-refractivity contribution in [3.8, 4) is 0 Å². The largest absolute Gasteiger partial charge is 0.308 e. The quantitative estimate of drug-likeness (QED) is 0.799. The van der Waals surface area contributed by atoms with Crippen molar-refractivity contribution >= 4 is 11.3 Å². The molecule has 1 aliphatic carbocycles. The van der Waals surface area contributed by atoms with E-state index in [4.69, 9.17) is 0 Å². The lowest BCUT2D eigenvalue weighted by Gasteiger charge is -2.14. The molecule has 0 radical (unpaired) electrons. The van der Waals surface area contributed by atoms with Crippen LogP contribution in [-0.4, -0.2) is 44.5 Å². The van der Waals surface area contributed by atoms with Crippen LogP contribution in [0.3, 0.4) is 0 Å². The SMILES string of the molecule is Cc1nc(CN(C)CCn2cc(CNC3CC3)nn2)cs1. The summed E-state index contributed by atoms with van der Waals surface area (Å²) >= 11 is 1.70. The average molecular weight is 306 g/mol. The molecule has 0 unspecified atom stereocenters. The minimum Gasteiger partial charge on any atom is -0.308 e. The van der Waals surface area contributed by atoms with Gasteiger partial charge < -0.3 is 5.32 Å². The third kappa shape index (κ3) is 4.59. The van der Waals surface area contributed by atoms with E-state index in [9.17, 15) is 0 Å². The van der Waals surface area contributed by atoms with E-state index in [1.165, 1.54) is 12.8 Å².